The maximum absolute atomic E-state index is 12.3. The van der Waals surface area contributed by atoms with Gasteiger partial charge in [0.15, 0.2) is 0 Å². The third kappa shape index (κ3) is 2.62. The van der Waals surface area contributed by atoms with Crippen LogP contribution in [0, 0.1) is 5.92 Å². The monoisotopic (exact) mass is 254 g/mol. The van der Waals surface area contributed by atoms with Crippen molar-refractivity contribution in [2.75, 3.05) is 0 Å². The zero-order valence-corrected chi connectivity index (χ0v) is 10.9. The molecule has 2 heteroatoms. The van der Waals surface area contributed by atoms with Gasteiger partial charge in [0.25, 0.3) is 0 Å². The highest BCUT2D eigenvalue weighted by Crippen LogP contribution is 2.37. The van der Waals surface area contributed by atoms with Crippen molar-refractivity contribution < 1.29 is 9.21 Å². The SMILES string of the molecule is O=C1CCC[C@@H](Cc2ccco2)[C@@H]1c1ccccc1. The number of ketones is 1. The van der Waals surface area contributed by atoms with Gasteiger partial charge in [0, 0.05) is 18.8 Å². The van der Waals surface area contributed by atoms with Gasteiger partial charge < -0.3 is 4.42 Å². The molecule has 19 heavy (non-hydrogen) atoms. The Morgan fingerprint density at radius 2 is 1.95 bits per heavy atom. The normalized spacial score (nSPS) is 23.5. The van der Waals surface area contributed by atoms with E-state index in [1.165, 1.54) is 0 Å². The van der Waals surface area contributed by atoms with E-state index in [9.17, 15) is 4.79 Å². The molecule has 1 fully saturated rings. The number of hydrogen-bond donors (Lipinski definition) is 0. The first-order valence-electron chi connectivity index (χ1n) is 6.94. The fraction of sp³-hybridized carbons (Fsp3) is 0.353. The summed E-state index contributed by atoms with van der Waals surface area (Å²) in [5.41, 5.74) is 1.16. The quantitative estimate of drug-likeness (QED) is 0.829. The first kappa shape index (κ1) is 12.2. The molecule has 0 aliphatic heterocycles. The number of Topliss-reactive ketones (excluding diaryl/α,β-unsaturated/α-hetero) is 1. The van der Waals surface area contributed by atoms with Crippen LogP contribution in [0.25, 0.3) is 0 Å². The van der Waals surface area contributed by atoms with Crippen molar-refractivity contribution in [1.82, 2.24) is 0 Å². The van der Waals surface area contributed by atoms with E-state index in [-0.39, 0.29) is 5.92 Å². The summed E-state index contributed by atoms with van der Waals surface area (Å²) in [7, 11) is 0. The summed E-state index contributed by atoms with van der Waals surface area (Å²) < 4.78 is 5.44. The second-order valence-corrected chi connectivity index (χ2v) is 5.29. The van der Waals surface area contributed by atoms with Gasteiger partial charge >= 0.3 is 0 Å². The molecule has 98 valence electrons. The van der Waals surface area contributed by atoms with E-state index in [4.69, 9.17) is 4.42 Å². The molecule has 0 saturated heterocycles. The molecule has 0 unspecified atom stereocenters. The van der Waals surface area contributed by atoms with Gasteiger partial charge in [-0.3, -0.25) is 4.79 Å². The predicted molar refractivity (Wildman–Crippen MR) is 73.9 cm³/mol. The summed E-state index contributed by atoms with van der Waals surface area (Å²) in [6.07, 6.45) is 5.39. The zero-order valence-electron chi connectivity index (χ0n) is 10.9. The van der Waals surface area contributed by atoms with Gasteiger partial charge in [-0.05, 0) is 36.5 Å². The van der Waals surface area contributed by atoms with E-state index in [0.717, 1.165) is 30.6 Å². The lowest BCUT2D eigenvalue weighted by Gasteiger charge is -2.30. The van der Waals surface area contributed by atoms with Crippen molar-refractivity contribution >= 4 is 5.78 Å². The van der Waals surface area contributed by atoms with E-state index in [1.807, 2.05) is 30.3 Å². The number of furan rings is 1. The van der Waals surface area contributed by atoms with Crippen molar-refractivity contribution in [3.8, 4) is 0 Å². The predicted octanol–water partition coefficient (Wildman–Crippen LogP) is 3.98. The Morgan fingerprint density at radius 1 is 1.11 bits per heavy atom. The molecule has 0 radical (unpaired) electrons. The molecular weight excluding hydrogens is 236 g/mol. The van der Waals surface area contributed by atoms with Crippen LogP contribution < -0.4 is 0 Å². The van der Waals surface area contributed by atoms with Crippen molar-refractivity contribution in [2.45, 2.75) is 31.6 Å². The standard InChI is InChI=1S/C17H18O2/c18-16-10-4-8-14(12-15-9-5-11-19-15)17(16)13-6-2-1-3-7-13/h1-3,5-7,9,11,14,17H,4,8,10,12H2/t14-,17-/m0/s1. The molecule has 2 nitrogen and oxygen atoms in total. The van der Waals surface area contributed by atoms with Gasteiger partial charge in [0.05, 0.1) is 6.26 Å². The topological polar surface area (TPSA) is 30.2 Å². The number of hydrogen-bond acceptors (Lipinski definition) is 2. The fourth-order valence-corrected chi connectivity index (χ4v) is 3.15. The number of carbonyl (C=O) groups excluding carboxylic acids is 1. The Bertz CT molecular complexity index is 528. The number of rotatable bonds is 3. The van der Waals surface area contributed by atoms with Gasteiger partial charge in [-0.1, -0.05) is 30.3 Å². The lowest BCUT2D eigenvalue weighted by Crippen LogP contribution is -2.28. The third-order valence-corrected chi connectivity index (χ3v) is 4.02. The Labute approximate surface area is 113 Å². The van der Waals surface area contributed by atoms with Crippen molar-refractivity contribution in [2.24, 2.45) is 5.92 Å². The zero-order chi connectivity index (χ0) is 13.1. The van der Waals surface area contributed by atoms with Crippen LogP contribution in [-0.4, -0.2) is 5.78 Å². The smallest absolute Gasteiger partial charge is 0.140 e. The molecule has 0 spiro atoms. The molecule has 0 amide bonds. The van der Waals surface area contributed by atoms with Crippen LogP contribution in [0.4, 0.5) is 0 Å². The molecule has 1 aliphatic carbocycles. The van der Waals surface area contributed by atoms with Crippen LogP contribution in [-0.2, 0) is 11.2 Å². The van der Waals surface area contributed by atoms with Crippen LogP contribution in [0.5, 0.6) is 0 Å². The largest absolute Gasteiger partial charge is 0.469 e. The minimum Gasteiger partial charge on any atom is -0.469 e. The molecule has 2 atom stereocenters. The first-order chi connectivity index (χ1) is 9.34. The van der Waals surface area contributed by atoms with Crippen molar-refractivity contribution in [3.05, 3.63) is 60.1 Å². The number of carbonyl (C=O) groups is 1. The summed E-state index contributed by atoms with van der Waals surface area (Å²) in [6, 6.07) is 14.1. The Hall–Kier alpha value is -1.83. The Balaban J connectivity index is 1.86. The first-order valence-corrected chi connectivity index (χ1v) is 6.94. The van der Waals surface area contributed by atoms with Gasteiger partial charge in [-0.2, -0.15) is 0 Å². The molecule has 2 aromatic rings. The van der Waals surface area contributed by atoms with E-state index in [2.05, 4.69) is 12.1 Å². The van der Waals surface area contributed by atoms with E-state index in [1.54, 1.807) is 6.26 Å². The summed E-state index contributed by atoms with van der Waals surface area (Å²) in [6.45, 7) is 0. The highest BCUT2D eigenvalue weighted by atomic mass is 16.3. The molecule has 1 aromatic carbocycles. The van der Waals surface area contributed by atoms with Crippen molar-refractivity contribution in [3.63, 3.8) is 0 Å². The Kier molecular flexibility index (Phi) is 3.49. The summed E-state index contributed by atoms with van der Waals surface area (Å²) in [5.74, 6) is 1.78. The minimum absolute atomic E-state index is 0.0417. The lowest BCUT2D eigenvalue weighted by atomic mass is 9.73. The summed E-state index contributed by atoms with van der Waals surface area (Å²) in [5, 5.41) is 0. The average Bonchev–Trinajstić information content (AvgIpc) is 2.93. The van der Waals surface area contributed by atoms with Crippen LogP contribution in [0.15, 0.2) is 53.1 Å². The van der Waals surface area contributed by atoms with Crippen LogP contribution in [0.1, 0.15) is 36.5 Å². The number of benzene rings is 1. The minimum atomic E-state index is 0.0417. The maximum Gasteiger partial charge on any atom is 0.140 e. The second-order valence-electron chi connectivity index (χ2n) is 5.29. The van der Waals surface area contributed by atoms with Gasteiger partial charge in [0.2, 0.25) is 0 Å². The summed E-state index contributed by atoms with van der Waals surface area (Å²) >= 11 is 0. The van der Waals surface area contributed by atoms with E-state index >= 15 is 0 Å². The molecule has 1 aliphatic rings. The van der Waals surface area contributed by atoms with Crippen molar-refractivity contribution in [1.29, 1.82) is 0 Å². The highest BCUT2D eigenvalue weighted by molar-refractivity contribution is 5.86. The highest BCUT2D eigenvalue weighted by Gasteiger charge is 2.33. The Morgan fingerprint density at radius 3 is 2.68 bits per heavy atom. The van der Waals surface area contributed by atoms with Crippen LogP contribution in [0.2, 0.25) is 0 Å². The van der Waals surface area contributed by atoms with Gasteiger partial charge in [0.1, 0.15) is 11.5 Å². The van der Waals surface area contributed by atoms with E-state index < -0.39 is 0 Å². The second kappa shape index (κ2) is 5.43. The fourth-order valence-electron chi connectivity index (χ4n) is 3.15. The van der Waals surface area contributed by atoms with Gasteiger partial charge in [-0.15, -0.1) is 0 Å². The van der Waals surface area contributed by atoms with Crippen LogP contribution in [0.3, 0.4) is 0 Å². The molecule has 3 rings (SSSR count). The molecule has 1 aromatic heterocycles. The lowest BCUT2D eigenvalue weighted by molar-refractivity contribution is -0.123. The molecule has 0 bridgehead atoms. The molecular formula is C17H18O2. The summed E-state index contributed by atoms with van der Waals surface area (Å²) in [4.78, 5) is 12.3. The van der Waals surface area contributed by atoms with Crippen LogP contribution >= 0.6 is 0 Å². The van der Waals surface area contributed by atoms with Gasteiger partial charge in [-0.25, -0.2) is 0 Å². The molecule has 1 saturated carbocycles. The molecule has 0 N–H and O–H groups in total. The third-order valence-electron chi connectivity index (χ3n) is 4.02. The average molecular weight is 254 g/mol. The van der Waals surface area contributed by atoms with E-state index in [0.29, 0.717) is 18.1 Å². The molecule has 1 heterocycles. The maximum atomic E-state index is 12.3.